The van der Waals surface area contributed by atoms with E-state index in [9.17, 15) is 14.4 Å². The number of nitrogens with one attached hydrogen (secondary N) is 2. The van der Waals surface area contributed by atoms with Crippen molar-refractivity contribution in [3.05, 3.63) is 64.9 Å². The third-order valence-corrected chi connectivity index (χ3v) is 5.94. The Morgan fingerprint density at radius 1 is 1.03 bits per heavy atom. The van der Waals surface area contributed by atoms with Crippen LogP contribution in [0.2, 0.25) is 0 Å². The number of hydrogen-bond donors (Lipinski definition) is 2. The topological polar surface area (TPSA) is 115 Å². The van der Waals surface area contributed by atoms with Gasteiger partial charge in [0.1, 0.15) is 18.1 Å². The van der Waals surface area contributed by atoms with Crippen molar-refractivity contribution in [2.75, 3.05) is 46.4 Å². The lowest BCUT2D eigenvalue weighted by molar-refractivity contribution is -0.140. The number of benzene rings is 2. The maximum atomic E-state index is 13.0. The van der Waals surface area contributed by atoms with E-state index >= 15 is 0 Å². The zero-order chi connectivity index (χ0) is 26.9. The standard InChI is InChI=1S/C27H33N3O7/c1-6-13-30-17(2)23(26(32)37-15-14-34-3)24(29-27(30)33)18-7-9-19(10-8-18)28-25(31)21-12-11-20(35-4)16-22(21)36-5/h7-12,16,24H,6,13-15H2,1-5H3,(H,28,31)(H,29,33). The zero-order valence-electron chi connectivity index (χ0n) is 21.8. The van der Waals surface area contributed by atoms with Crippen LogP contribution in [0.5, 0.6) is 11.5 Å². The van der Waals surface area contributed by atoms with Crippen LogP contribution in [0.1, 0.15) is 42.2 Å². The number of hydrogen-bond acceptors (Lipinski definition) is 7. The van der Waals surface area contributed by atoms with E-state index in [2.05, 4.69) is 10.6 Å². The maximum Gasteiger partial charge on any atom is 0.338 e. The molecule has 2 aromatic rings. The van der Waals surface area contributed by atoms with Crippen LogP contribution < -0.4 is 20.1 Å². The molecule has 2 aromatic carbocycles. The van der Waals surface area contributed by atoms with E-state index in [1.165, 1.54) is 21.3 Å². The van der Waals surface area contributed by atoms with Gasteiger partial charge in [0.2, 0.25) is 0 Å². The molecule has 0 radical (unpaired) electrons. The van der Waals surface area contributed by atoms with Gasteiger partial charge in [-0.05, 0) is 43.2 Å². The van der Waals surface area contributed by atoms with E-state index in [0.717, 1.165) is 6.42 Å². The van der Waals surface area contributed by atoms with Crippen LogP contribution in [-0.4, -0.2) is 63.9 Å². The van der Waals surface area contributed by atoms with Crippen molar-refractivity contribution >= 4 is 23.6 Å². The van der Waals surface area contributed by atoms with Crippen LogP contribution in [0.4, 0.5) is 10.5 Å². The van der Waals surface area contributed by atoms with Crippen LogP contribution in [0.25, 0.3) is 0 Å². The van der Waals surface area contributed by atoms with Crippen molar-refractivity contribution < 1.29 is 33.3 Å². The minimum atomic E-state index is -0.706. The van der Waals surface area contributed by atoms with E-state index in [4.69, 9.17) is 18.9 Å². The number of ether oxygens (including phenoxy) is 4. The highest BCUT2D eigenvalue weighted by molar-refractivity contribution is 6.06. The van der Waals surface area contributed by atoms with Crippen molar-refractivity contribution in [3.63, 3.8) is 0 Å². The van der Waals surface area contributed by atoms with Gasteiger partial charge in [-0.15, -0.1) is 0 Å². The van der Waals surface area contributed by atoms with E-state index in [1.54, 1.807) is 54.3 Å². The van der Waals surface area contributed by atoms with Gasteiger partial charge in [0.05, 0.1) is 38.0 Å². The summed E-state index contributed by atoms with van der Waals surface area (Å²) >= 11 is 0. The van der Waals surface area contributed by atoms with E-state index in [0.29, 0.717) is 46.1 Å². The number of methoxy groups -OCH3 is 3. The van der Waals surface area contributed by atoms with Crippen molar-refractivity contribution in [3.8, 4) is 11.5 Å². The molecule has 0 aliphatic carbocycles. The molecule has 1 aliphatic rings. The molecule has 0 aromatic heterocycles. The van der Waals surface area contributed by atoms with Crippen molar-refractivity contribution in [1.82, 2.24) is 10.2 Å². The van der Waals surface area contributed by atoms with E-state index in [-0.39, 0.29) is 25.2 Å². The molecule has 3 rings (SSSR count). The van der Waals surface area contributed by atoms with Crippen LogP contribution in [0.3, 0.4) is 0 Å². The van der Waals surface area contributed by atoms with Crippen LogP contribution in [-0.2, 0) is 14.3 Å². The van der Waals surface area contributed by atoms with Crippen molar-refractivity contribution in [1.29, 1.82) is 0 Å². The quantitative estimate of drug-likeness (QED) is 0.347. The summed E-state index contributed by atoms with van der Waals surface area (Å²) < 4.78 is 20.9. The first kappa shape index (κ1) is 27.5. The number of anilines is 1. The molecular formula is C27H33N3O7. The molecule has 10 nitrogen and oxygen atoms in total. The highest BCUT2D eigenvalue weighted by Crippen LogP contribution is 2.32. The molecule has 0 saturated heterocycles. The minimum absolute atomic E-state index is 0.0976. The molecule has 0 saturated carbocycles. The maximum absolute atomic E-state index is 13.0. The normalized spacial score (nSPS) is 15.2. The van der Waals surface area contributed by atoms with Gasteiger partial charge in [0.25, 0.3) is 5.91 Å². The predicted molar refractivity (Wildman–Crippen MR) is 138 cm³/mol. The lowest BCUT2D eigenvalue weighted by Crippen LogP contribution is -2.48. The molecule has 3 amide bonds. The van der Waals surface area contributed by atoms with Gasteiger partial charge in [0, 0.05) is 31.1 Å². The summed E-state index contributed by atoms with van der Waals surface area (Å²) in [6.45, 7) is 4.53. The first-order valence-electron chi connectivity index (χ1n) is 11.9. The van der Waals surface area contributed by atoms with Gasteiger partial charge in [-0.2, -0.15) is 0 Å². The summed E-state index contributed by atoms with van der Waals surface area (Å²) in [4.78, 5) is 40.2. The average molecular weight is 512 g/mol. The number of nitrogens with zero attached hydrogens (tertiary/aromatic N) is 1. The number of urea groups is 1. The molecule has 1 atom stereocenters. The van der Waals surface area contributed by atoms with Crippen LogP contribution >= 0.6 is 0 Å². The fourth-order valence-corrected chi connectivity index (χ4v) is 4.03. The van der Waals surface area contributed by atoms with Crippen molar-refractivity contribution in [2.24, 2.45) is 0 Å². The van der Waals surface area contributed by atoms with Crippen LogP contribution in [0.15, 0.2) is 53.7 Å². The van der Waals surface area contributed by atoms with Gasteiger partial charge < -0.3 is 29.6 Å². The summed E-state index contributed by atoms with van der Waals surface area (Å²) in [7, 11) is 4.54. The molecule has 1 heterocycles. The van der Waals surface area contributed by atoms with Gasteiger partial charge in [0.15, 0.2) is 0 Å². The summed E-state index contributed by atoms with van der Waals surface area (Å²) in [5.41, 5.74) is 2.45. The Morgan fingerprint density at radius 2 is 1.76 bits per heavy atom. The fourth-order valence-electron chi connectivity index (χ4n) is 4.03. The van der Waals surface area contributed by atoms with E-state index in [1.807, 2.05) is 6.92 Å². The highest BCUT2D eigenvalue weighted by Gasteiger charge is 2.36. The Morgan fingerprint density at radius 3 is 2.38 bits per heavy atom. The third-order valence-electron chi connectivity index (χ3n) is 5.94. The fraction of sp³-hybridized carbons (Fsp3) is 0.370. The first-order chi connectivity index (χ1) is 17.8. The molecule has 1 aliphatic heterocycles. The number of esters is 1. The second-order valence-electron chi connectivity index (χ2n) is 8.30. The summed E-state index contributed by atoms with van der Waals surface area (Å²) in [5.74, 6) is 0.0770. The number of carbonyl (C=O) groups is 3. The van der Waals surface area contributed by atoms with Gasteiger partial charge in [-0.25, -0.2) is 9.59 Å². The zero-order valence-corrected chi connectivity index (χ0v) is 21.8. The monoisotopic (exact) mass is 511 g/mol. The number of carbonyl (C=O) groups excluding carboxylic acids is 3. The molecule has 0 spiro atoms. The summed E-state index contributed by atoms with van der Waals surface area (Å²) in [5, 5.41) is 5.75. The Hall–Kier alpha value is -4.05. The second kappa shape index (κ2) is 12.8. The van der Waals surface area contributed by atoms with E-state index < -0.39 is 12.0 Å². The SMILES string of the molecule is CCCN1C(=O)NC(c2ccc(NC(=O)c3ccc(OC)cc3OC)cc2)C(C(=O)OCCOC)=C1C. The largest absolute Gasteiger partial charge is 0.497 e. The lowest BCUT2D eigenvalue weighted by Gasteiger charge is -2.35. The molecule has 1 unspecified atom stereocenters. The number of rotatable bonds is 11. The van der Waals surface area contributed by atoms with Crippen LogP contribution in [0, 0.1) is 0 Å². The predicted octanol–water partition coefficient (Wildman–Crippen LogP) is 3.90. The average Bonchev–Trinajstić information content (AvgIpc) is 2.90. The molecule has 198 valence electrons. The molecule has 37 heavy (non-hydrogen) atoms. The van der Waals surface area contributed by atoms with Gasteiger partial charge in [-0.1, -0.05) is 19.1 Å². The van der Waals surface area contributed by atoms with Crippen molar-refractivity contribution in [2.45, 2.75) is 26.3 Å². The Bertz CT molecular complexity index is 1160. The smallest absolute Gasteiger partial charge is 0.338 e. The number of amides is 3. The number of allylic oxidation sites excluding steroid dienone is 1. The van der Waals surface area contributed by atoms with Gasteiger partial charge >= 0.3 is 12.0 Å². The highest BCUT2D eigenvalue weighted by atomic mass is 16.6. The molecule has 0 fully saturated rings. The Kier molecular flexibility index (Phi) is 9.51. The molecule has 2 N–H and O–H groups in total. The Labute approximate surface area is 216 Å². The summed E-state index contributed by atoms with van der Waals surface area (Å²) in [6, 6.07) is 10.8. The minimum Gasteiger partial charge on any atom is -0.497 e. The Balaban J connectivity index is 1.85. The summed E-state index contributed by atoms with van der Waals surface area (Å²) in [6.07, 6.45) is 0.731. The molecule has 10 heteroatoms. The first-order valence-corrected chi connectivity index (χ1v) is 11.9. The lowest BCUT2D eigenvalue weighted by atomic mass is 9.94. The molecular weight excluding hydrogens is 478 g/mol. The molecule has 0 bridgehead atoms. The van der Waals surface area contributed by atoms with Gasteiger partial charge in [-0.3, -0.25) is 9.69 Å². The third kappa shape index (κ3) is 6.39. The second-order valence-corrected chi connectivity index (χ2v) is 8.30.